The van der Waals surface area contributed by atoms with Gasteiger partial charge in [-0.1, -0.05) is 49.4 Å². The molecule has 4 unspecified atom stereocenters. The fourth-order valence-electron chi connectivity index (χ4n) is 6.14. The van der Waals surface area contributed by atoms with Crippen LogP contribution >= 0.6 is 11.6 Å². The number of fused-ring (bicyclic) bond motifs is 5. The van der Waals surface area contributed by atoms with Crippen LogP contribution in [-0.2, 0) is 33.7 Å². The highest BCUT2D eigenvalue weighted by Crippen LogP contribution is 2.58. The standard InChI is InChI=1S/C30H25ClO5.CH4/c31-21-7-8-22-23-10-18-6-9-25(28(32)24(18)11-19(23)16-34-26(22)13-21)35-29(33)27-12-20-15-30(20,36-27)14-17-4-2-1-3-5-17;/h1-5,7-8,10-11,13,20,25,27H,6,9,12,14-16H2;1H4. The molecule has 3 aromatic rings. The Kier molecular flexibility index (Phi) is 5.89. The molecule has 0 bridgehead atoms. The molecule has 2 heterocycles. The second kappa shape index (κ2) is 9.00. The summed E-state index contributed by atoms with van der Waals surface area (Å²) in [6.45, 7) is 0.370. The Morgan fingerprint density at radius 1 is 1.03 bits per heavy atom. The van der Waals surface area contributed by atoms with Gasteiger partial charge in [0.1, 0.15) is 12.4 Å². The van der Waals surface area contributed by atoms with Gasteiger partial charge in [0, 0.05) is 22.6 Å². The van der Waals surface area contributed by atoms with Gasteiger partial charge in [-0.15, -0.1) is 0 Å². The Morgan fingerprint density at radius 2 is 1.84 bits per heavy atom. The van der Waals surface area contributed by atoms with Crippen LogP contribution in [0.1, 0.15) is 53.7 Å². The van der Waals surface area contributed by atoms with E-state index in [0.717, 1.165) is 40.8 Å². The molecule has 0 aromatic heterocycles. The number of carbonyl (C=O) groups excluding carboxylic acids is 2. The molecule has 0 N–H and O–H groups in total. The highest BCUT2D eigenvalue weighted by molar-refractivity contribution is 6.30. The van der Waals surface area contributed by atoms with Crippen molar-refractivity contribution in [2.45, 2.75) is 63.9 Å². The summed E-state index contributed by atoms with van der Waals surface area (Å²) in [7, 11) is 0. The number of hydrogen-bond acceptors (Lipinski definition) is 5. The Bertz CT molecular complexity index is 1400. The number of esters is 1. The van der Waals surface area contributed by atoms with Crippen molar-refractivity contribution < 1.29 is 23.8 Å². The molecule has 190 valence electrons. The number of ketones is 1. The van der Waals surface area contributed by atoms with E-state index in [4.69, 9.17) is 25.8 Å². The first-order valence-electron chi connectivity index (χ1n) is 12.5. The monoisotopic (exact) mass is 516 g/mol. The van der Waals surface area contributed by atoms with E-state index in [-0.39, 0.29) is 18.8 Å². The average molecular weight is 517 g/mol. The minimum atomic E-state index is -0.774. The van der Waals surface area contributed by atoms with Crippen LogP contribution in [0.4, 0.5) is 0 Å². The maximum Gasteiger partial charge on any atom is 0.336 e. The van der Waals surface area contributed by atoms with Crippen LogP contribution in [0.25, 0.3) is 11.1 Å². The first kappa shape index (κ1) is 24.2. The van der Waals surface area contributed by atoms with Crippen LogP contribution in [0.3, 0.4) is 0 Å². The lowest BCUT2D eigenvalue weighted by Gasteiger charge is -2.28. The van der Waals surface area contributed by atoms with Crippen molar-refractivity contribution in [3.05, 3.63) is 87.9 Å². The molecule has 4 atom stereocenters. The molecule has 2 aliphatic heterocycles. The number of hydrogen-bond donors (Lipinski definition) is 0. The molecule has 0 amide bonds. The maximum absolute atomic E-state index is 13.3. The van der Waals surface area contributed by atoms with E-state index >= 15 is 0 Å². The summed E-state index contributed by atoms with van der Waals surface area (Å²) in [6.07, 6.45) is 2.22. The summed E-state index contributed by atoms with van der Waals surface area (Å²) in [5.74, 6) is 0.575. The molecular weight excluding hydrogens is 488 g/mol. The van der Waals surface area contributed by atoms with Gasteiger partial charge in [-0.3, -0.25) is 4.79 Å². The molecule has 37 heavy (non-hydrogen) atoms. The summed E-state index contributed by atoms with van der Waals surface area (Å²) >= 11 is 6.12. The molecule has 1 saturated heterocycles. The lowest BCUT2D eigenvalue weighted by molar-refractivity contribution is -0.162. The van der Waals surface area contributed by atoms with Gasteiger partial charge in [0.25, 0.3) is 0 Å². The number of benzene rings is 3. The SMILES string of the molecule is C.O=C(OC1CCc2cc3c(cc2C1=O)COc1cc(Cl)ccc1-3)C1CC2CC2(Cc2ccccc2)O1. The molecule has 1 saturated carbocycles. The van der Waals surface area contributed by atoms with Crippen molar-refractivity contribution >= 4 is 23.4 Å². The molecule has 4 aliphatic rings. The topological polar surface area (TPSA) is 61.8 Å². The van der Waals surface area contributed by atoms with Gasteiger partial charge < -0.3 is 14.2 Å². The minimum Gasteiger partial charge on any atom is -0.488 e. The van der Waals surface area contributed by atoms with E-state index in [1.807, 2.05) is 42.5 Å². The number of rotatable bonds is 4. The number of halogens is 1. The number of ether oxygens (including phenoxy) is 3. The van der Waals surface area contributed by atoms with Crippen molar-refractivity contribution in [1.29, 1.82) is 0 Å². The Labute approximate surface area is 221 Å². The first-order valence-corrected chi connectivity index (χ1v) is 12.9. The third-order valence-corrected chi connectivity index (χ3v) is 8.33. The first-order chi connectivity index (χ1) is 17.5. The summed E-state index contributed by atoms with van der Waals surface area (Å²) in [5, 5.41) is 0.629. The van der Waals surface area contributed by atoms with E-state index in [2.05, 4.69) is 18.2 Å². The van der Waals surface area contributed by atoms with Crippen molar-refractivity contribution in [1.82, 2.24) is 0 Å². The molecular formula is C31H29ClO5. The third-order valence-electron chi connectivity index (χ3n) is 8.10. The minimum absolute atomic E-state index is 0. The van der Waals surface area contributed by atoms with E-state index in [0.29, 0.717) is 42.4 Å². The maximum atomic E-state index is 13.3. The van der Waals surface area contributed by atoms with Crippen LogP contribution < -0.4 is 4.74 Å². The number of carbonyl (C=O) groups is 2. The Morgan fingerprint density at radius 3 is 2.68 bits per heavy atom. The third kappa shape index (κ3) is 4.14. The van der Waals surface area contributed by atoms with Crippen molar-refractivity contribution in [2.75, 3.05) is 0 Å². The van der Waals surface area contributed by atoms with Gasteiger partial charge >= 0.3 is 5.97 Å². The lowest BCUT2D eigenvalue weighted by Crippen LogP contribution is -2.37. The predicted molar refractivity (Wildman–Crippen MR) is 141 cm³/mol. The van der Waals surface area contributed by atoms with Crippen molar-refractivity contribution in [3.63, 3.8) is 0 Å². The average Bonchev–Trinajstić information content (AvgIpc) is 3.43. The number of aryl methyl sites for hydroxylation is 1. The highest BCUT2D eigenvalue weighted by atomic mass is 35.5. The van der Waals surface area contributed by atoms with Crippen LogP contribution in [0.2, 0.25) is 5.02 Å². The quantitative estimate of drug-likeness (QED) is 0.377. The molecule has 0 radical (unpaired) electrons. The summed E-state index contributed by atoms with van der Waals surface area (Å²) < 4.78 is 17.9. The van der Waals surface area contributed by atoms with Gasteiger partial charge in [0.15, 0.2) is 12.2 Å². The van der Waals surface area contributed by atoms with Crippen molar-refractivity contribution in [3.8, 4) is 16.9 Å². The Balaban J connectivity index is 0.00000252. The Hall–Kier alpha value is -3.15. The van der Waals surface area contributed by atoms with Crippen LogP contribution in [0, 0.1) is 5.92 Å². The molecule has 3 aromatic carbocycles. The summed E-state index contributed by atoms with van der Waals surface area (Å²) in [4.78, 5) is 26.3. The van der Waals surface area contributed by atoms with Gasteiger partial charge in [-0.05, 0) is 84.2 Å². The van der Waals surface area contributed by atoms with Gasteiger partial charge in [0.2, 0.25) is 5.78 Å². The van der Waals surface area contributed by atoms with Crippen LogP contribution in [0.5, 0.6) is 5.75 Å². The normalized spacial score (nSPS) is 26.5. The molecule has 2 aliphatic carbocycles. The van der Waals surface area contributed by atoms with E-state index in [1.165, 1.54) is 5.56 Å². The van der Waals surface area contributed by atoms with Crippen LogP contribution in [-0.4, -0.2) is 29.6 Å². The van der Waals surface area contributed by atoms with Crippen LogP contribution in [0.15, 0.2) is 60.7 Å². The molecule has 5 nitrogen and oxygen atoms in total. The second-order valence-electron chi connectivity index (χ2n) is 10.4. The zero-order valence-electron chi connectivity index (χ0n) is 19.7. The largest absolute Gasteiger partial charge is 0.488 e. The molecule has 6 heteroatoms. The van der Waals surface area contributed by atoms with E-state index in [1.54, 1.807) is 0 Å². The fraction of sp³-hybridized carbons (Fsp3) is 0.355. The highest BCUT2D eigenvalue weighted by Gasteiger charge is 2.63. The van der Waals surface area contributed by atoms with E-state index in [9.17, 15) is 9.59 Å². The van der Waals surface area contributed by atoms with Gasteiger partial charge in [-0.2, -0.15) is 0 Å². The molecule has 0 spiro atoms. The fourth-order valence-corrected chi connectivity index (χ4v) is 6.31. The zero-order chi connectivity index (χ0) is 24.4. The predicted octanol–water partition coefficient (Wildman–Crippen LogP) is 6.37. The smallest absolute Gasteiger partial charge is 0.336 e. The lowest BCUT2D eigenvalue weighted by atomic mass is 9.83. The summed E-state index contributed by atoms with van der Waals surface area (Å²) in [6, 6.07) is 19.8. The second-order valence-corrected chi connectivity index (χ2v) is 10.8. The molecule has 2 fully saturated rings. The molecule has 7 rings (SSSR count). The van der Waals surface area contributed by atoms with Crippen molar-refractivity contribution in [2.24, 2.45) is 5.92 Å². The summed E-state index contributed by atoms with van der Waals surface area (Å²) in [5.41, 5.74) is 5.55. The zero-order valence-corrected chi connectivity index (χ0v) is 20.4. The van der Waals surface area contributed by atoms with E-state index < -0.39 is 18.2 Å². The van der Waals surface area contributed by atoms with Gasteiger partial charge in [0.05, 0.1) is 5.60 Å². The van der Waals surface area contributed by atoms with Gasteiger partial charge in [-0.25, -0.2) is 4.79 Å². The number of Topliss-reactive ketones (excluding diaryl/α,β-unsaturated/α-hetero) is 1.